The maximum absolute atomic E-state index is 13.1. The monoisotopic (exact) mass is 352 g/mol. The Balaban J connectivity index is 1.91. The lowest BCUT2D eigenvalue weighted by Crippen LogP contribution is -2.21. The molecule has 0 bridgehead atoms. The van der Waals surface area contributed by atoms with Gasteiger partial charge in [-0.05, 0) is 24.3 Å². The molecule has 0 atom stereocenters. The summed E-state index contributed by atoms with van der Waals surface area (Å²) in [6.45, 7) is 0. The van der Waals surface area contributed by atoms with Crippen molar-refractivity contribution in [3.05, 3.63) is 58.6 Å². The van der Waals surface area contributed by atoms with Crippen molar-refractivity contribution in [2.24, 2.45) is 9.50 Å². The molecule has 2 heterocycles. The van der Waals surface area contributed by atoms with Gasteiger partial charge < -0.3 is 0 Å². The van der Waals surface area contributed by atoms with Gasteiger partial charge in [-0.2, -0.15) is 13.5 Å². The van der Waals surface area contributed by atoms with Crippen molar-refractivity contribution < 1.29 is 12.8 Å². The molecule has 0 spiro atoms. The van der Waals surface area contributed by atoms with Crippen molar-refractivity contribution >= 4 is 33.7 Å². The molecule has 0 radical (unpaired) electrons. The number of sulfonamides is 1. The first-order valence-electron chi connectivity index (χ1n) is 6.42. The number of fused-ring (bicyclic) bond motifs is 1. The van der Waals surface area contributed by atoms with E-state index >= 15 is 0 Å². The smallest absolute Gasteiger partial charge is 0.250 e. The third-order valence-corrected chi connectivity index (χ3v) is 4.70. The first-order valence-corrected chi connectivity index (χ1v) is 8.24. The Bertz CT molecular complexity index is 944. The average Bonchev–Trinajstić information content (AvgIpc) is 2.80. The Morgan fingerprint density at radius 1 is 1.26 bits per heavy atom. The second-order valence-electron chi connectivity index (χ2n) is 4.66. The van der Waals surface area contributed by atoms with E-state index in [1.165, 1.54) is 29.4 Å². The highest BCUT2D eigenvalue weighted by molar-refractivity contribution is 7.90. The van der Waals surface area contributed by atoms with Gasteiger partial charge in [-0.25, -0.2) is 14.4 Å². The number of benzene rings is 1. The third kappa shape index (κ3) is 2.95. The molecule has 0 N–H and O–H groups in total. The fraction of sp³-hybridized carbons (Fsp3) is 0.0714. The van der Waals surface area contributed by atoms with Crippen LogP contribution >= 0.6 is 11.6 Å². The molecular weight excluding hydrogens is 343 g/mol. The Morgan fingerprint density at radius 3 is 2.74 bits per heavy atom. The summed E-state index contributed by atoms with van der Waals surface area (Å²) < 4.78 is 40.8. The zero-order valence-corrected chi connectivity index (χ0v) is 13.4. The van der Waals surface area contributed by atoms with Crippen LogP contribution in [0.5, 0.6) is 0 Å². The molecule has 2 aromatic rings. The summed E-state index contributed by atoms with van der Waals surface area (Å²) in [7, 11) is -2.16. The number of nitrogens with zero attached hydrogens (tertiary/aromatic N) is 4. The molecule has 3 rings (SSSR count). The molecule has 9 heteroatoms. The van der Waals surface area contributed by atoms with Crippen LogP contribution in [0.25, 0.3) is 0 Å². The summed E-state index contributed by atoms with van der Waals surface area (Å²) in [5.74, 6) is -0.428. The van der Waals surface area contributed by atoms with Crippen LogP contribution < -0.4 is 0 Å². The summed E-state index contributed by atoms with van der Waals surface area (Å²) in [4.78, 5) is 3.94. The van der Waals surface area contributed by atoms with E-state index in [1.807, 2.05) is 0 Å². The SMILES string of the molecule is CN(/N=C/c1ccc(F)c(Cl)n1)C1=NS(=O)(=O)c2ccccc21. The van der Waals surface area contributed by atoms with E-state index in [0.29, 0.717) is 11.3 Å². The highest BCUT2D eigenvalue weighted by Crippen LogP contribution is 2.26. The Hall–Kier alpha value is -2.32. The number of amidine groups is 1. The average molecular weight is 353 g/mol. The summed E-state index contributed by atoms with van der Waals surface area (Å²) in [6, 6.07) is 9.05. The van der Waals surface area contributed by atoms with Crippen molar-refractivity contribution in [2.75, 3.05) is 7.05 Å². The second-order valence-corrected chi connectivity index (χ2v) is 6.59. The Labute approximate surface area is 137 Å². The van der Waals surface area contributed by atoms with Crippen LogP contribution in [0.4, 0.5) is 4.39 Å². The highest BCUT2D eigenvalue weighted by Gasteiger charge is 2.30. The quantitative estimate of drug-likeness (QED) is 0.472. The number of hydrazone groups is 1. The number of rotatable bonds is 2. The summed E-state index contributed by atoms with van der Waals surface area (Å²) in [5, 5.41) is 5.13. The Kier molecular flexibility index (Phi) is 3.87. The number of pyridine rings is 1. The van der Waals surface area contributed by atoms with Crippen LogP contribution in [0.15, 0.2) is 50.8 Å². The zero-order valence-electron chi connectivity index (χ0n) is 11.8. The standard InChI is InChI=1S/C14H10ClFN4O2S/c1-20(17-8-9-6-7-11(16)13(15)18-9)14-10-4-2-3-5-12(10)23(21,22)19-14/h2-8H,1H3/b17-8+. The van der Waals surface area contributed by atoms with Crippen LogP contribution in [-0.2, 0) is 10.0 Å². The summed E-state index contributed by atoms with van der Waals surface area (Å²) >= 11 is 5.60. The summed E-state index contributed by atoms with van der Waals surface area (Å²) in [6.07, 6.45) is 1.33. The molecule has 0 amide bonds. The van der Waals surface area contributed by atoms with E-state index in [0.717, 1.165) is 0 Å². The van der Waals surface area contributed by atoms with Crippen molar-refractivity contribution in [1.82, 2.24) is 9.99 Å². The van der Waals surface area contributed by atoms with E-state index in [-0.39, 0.29) is 15.9 Å². The third-order valence-electron chi connectivity index (χ3n) is 3.11. The molecule has 118 valence electrons. The van der Waals surface area contributed by atoms with Crippen LogP contribution in [0.1, 0.15) is 11.3 Å². The fourth-order valence-corrected chi connectivity index (χ4v) is 3.42. The van der Waals surface area contributed by atoms with Crippen LogP contribution in [0.2, 0.25) is 5.15 Å². The second kappa shape index (κ2) is 5.71. The van der Waals surface area contributed by atoms with Crippen LogP contribution in [0, 0.1) is 5.82 Å². The maximum Gasteiger partial charge on any atom is 0.285 e. The van der Waals surface area contributed by atoms with Crippen LogP contribution in [-0.4, -0.2) is 37.5 Å². The zero-order chi connectivity index (χ0) is 16.6. The molecule has 1 aromatic carbocycles. The molecule has 0 saturated carbocycles. The lowest BCUT2D eigenvalue weighted by atomic mass is 10.2. The van der Waals surface area contributed by atoms with Crippen LogP contribution in [0.3, 0.4) is 0 Å². The van der Waals surface area contributed by atoms with Gasteiger partial charge in [0.2, 0.25) is 0 Å². The molecular formula is C14H10ClFN4O2S. The number of halogens is 2. The lowest BCUT2D eigenvalue weighted by Gasteiger charge is -2.12. The molecule has 0 saturated heterocycles. The highest BCUT2D eigenvalue weighted by atomic mass is 35.5. The van der Waals surface area contributed by atoms with Gasteiger partial charge in [0.15, 0.2) is 16.8 Å². The van der Waals surface area contributed by atoms with Crippen molar-refractivity contribution in [3.8, 4) is 0 Å². The molecule has 6 nitrogen and oxygen atoms in total. The van der Waals surface area contributed by atoms with E-state index in [1.54, 1.807) is 25.2 Å². The van der Waals surface area contributed by atoms with Gasteiger partial charge in [0, 0.05) is 12.6 Å². The lowest BCUT2D eigenvalue weighted by molar-refractivity contribution is 0.549. The molecule has 0 unspecified atom stereocenters. The molecule has 1 aliphatic heterocycles. The minimum absolute atomic E-state index is 0.139. The molecule has 1 aromatic heterocycles. The topological polar surface area (TPSA) is 75.0 Å². The number of aromatic nitrogens is 1. The molecule has 23 heavy (non-hydrogen) atoms. The molecule has 0 aliphatic carbocycles. The van der Waals surface area contributed by atoms with Crippen molar-refractivity contribution in [3.63, 3.8) is 0 Å². The fourth-order valence-electron chi connectivity index (χ4n) is 2.03. The van der Waals surface area contributed by atoms with E-state index < -0.39 is 15.8 Å². The van der Waals surface area contributed by atoms with Gasteiger partial charge in [-0.1, -0.05) is 23.7 Å². The number of hydrogen-bond acceptors (Lipinski definition) is 5. The van der Waals surface area contributed by atoms with Crippen molar-refractivity contribution in [1.29, 1.82) is 0 Å². The van der Waals surface area contributed by atoms with Gasteiger partial charge in [0.1, 0.15) is 4.90 Å². The number of hydrogen-bond donors (Lipinski definition) is 0. The predicted molar refractivity (Wildman–Crippen MR) is 84.7 cm³/mol. The van der Waals surface area contributed by atoms with Gasteiger partial charge >= 0.3 is 0 Å². The van der Waals surface area contributed by atoms with Crippen molar-refractivity contribution in [2.45, 2.75) is 4.90 Å². The van der Waals surface area contributed by atoms with Gasteiger partial charge in [-0.15, -0.1) is 4.40 Å². The predicted octanol–water partition coefficient (Wildman–Crippen LogP) is 2.29. The maximum atomic E-state index is 13.1. The minimum atomic E-state index is -3.71. The Morgan fingerprint density at radius 2 is 2.00 bits per heavy atom. The van der Waals surface area contributed by atoms with E-state index in [2.05, 4.69) is 14.5 Å². The van der Waals surface area contributed by atoms with Gasteiger partial charge in [-0.3, -0.25) is 0 Å². The van der Waals surface area contributed by atoms with E-state index in [9.17, 15) is 12.8 Å². The largest absolute Gasteiger partial charge is 0.285 e. The molecule has 0 fully saturated rings. The molecule has 1 aliphatic rings. The first-order chi connectivity index (χ1) is 10.9. The van der Waals surface area contributed by atoms with Gasteiger partial charge in [0.25, 0.3) is 10.0 Å². The summed E-state index contributed by atoms with van der Waals surface area (Å²) in [5.41, 5.74) is 0.801. The minimum Gasteiger partial charge on any atom is -0.250 e. The van der Waals surface area contributed by atoms with Gasteiger partial charge in [0.05, 0.1) is 11.9 Å². The normalized spacial score (nSPS) is 15.5. The first kappa shape index (κ1) is 15.6. The van der Waals surface area contributed by atoms with E-state index in [4.69, 9.17) is 11.6 Å².